The highest BCUT2D eigenvalue weighted by atomic mass is 14.9. The molecular weight excluding hydrogens is 182 g/mol. The molecule has 0 fully saturated rings. The summed E-state index contributed by atoms with van der Waals surface area (Å²) in [5, 5.41) is 3.61. The van der Waals surface area contributed by atoms with E-state index >= 15 is 0 Å². The lowest BCUT2D eigenvalue weighted by atomic mass is 9.84. The van der Waals surface area contributed by atoms with E-state index in [0.717, 1.165) is 18.4 Å². The van der Waals surface area contributed by atoms with E-state index in [4.69, 9.17) is 0 Å². The van der Waals surface area contributed by atoms with Crippen LogP contribution >= 0.6 is 0 Å². The summed E-state index contributed by atoms with van der Waals surface area (Å²) in [6.07, 6.45) is 8.25. The third kappa shape index (κ3) is 5.99. The maximum absolute atomic E-state index is 3.61. The largest absolute Gasteiger partial charge is 0.314 e. The Balaban J connectivity index is 4.18. The summed E-state index contributed by atoms with van der Waals surface area (Å²) in [4.78, 5) is 0. The van der Waals surface area contributed by atoms with Crippen LogP contribution in [0.1, 0.15) is 53.9 Å². The second kappa shape index (κ2) is 8.96. The molecule has 0 aromatic carbocycles. The fourth-order valence-corrected chi connectivity index (χ4v) is 2.14. The molecule has 1 N–H and O–H groups in total. The van der Waals surface area contributed by atoms with Crippen molar-refractivity contribution in [1.29, 1.82) is 0 Å². The minimum Gasteiger partial charge on any atom is -0.314 e. The van der Waals surface area contributed by atoms with Crippen LogP contribution in [-0.4, -0.2) is 12.6 Å². The van der Waals surface area contributed by atoms with Crippen LogP contribution in [0.15, 0.2) is 12.2 Å². The molecule has 90 valence electrons. The summed E-state index contributed by atoms with van der Waals surface area (Å²) in [5.74, 6) is 1.59. The van der Waals surface area contributed by atoms with E-state index in [-0.39, 0.29) is 0 Å². The van der Waals surface area contributed by atoms with Gasteiger partial charge in [-0.05, 0) is 31.7 Å². The Kier molecular flexibility index (Phi) is 8.79. The van der Waals surface area contributed by atoms with Crippen molar-refractivity contribution in [2.45, 2.75) is 59.9 Å². The zero-order valence-electron chi connectivity index (χ0n) is 11.2. The lowest BCUT2D eigenvalue weighted by Crippen LogP contribution is -2.37. The van der Waals surface area contributed by atoms with E-state index in [1.807, 2.05) is 0 Å². The fraction of sp³-hybridized carbons (Fsp3) is 0.857. The van der Waals surface area contributed by atoms with Crippen LogP contribution in [0.5, 0.6) is 0 Å². The average Bonchev–Trinajstić information content (AvgIpc) is 2.23. The Morgan fingerprint density at radius 3 is 2.33 bits per heavy atom. The SMILES string of the molecule is C/C=C\CC(NCC)[C@@H](C)[C@H](C)CCC. The standard InChI is InChI=1S/C14H29N/c1-6-9-11-14(15-8-3)13(5)12(4)10-7-2/h6,9,12-15H,7-8,10-11H2,1-5H3/b9-6-/t12-,13+,14?/m1/s1. The van der Waals surface area contributed by atoms with Gasteiger partial charge in [0.25, 0.3) is 0 Å². The molecule has 15 heavy (non-hydrogen) atoms. The van der Waals surface area contributed by atoms with Gasteiger partial charge in [-0.3, -0.25) is 0 Å². The van der Waals surface area contributed by atoms with Gasteiger partial charge in [0.05, 0.1) is 0 Å². The van der Waals surface area contributed by atoms with Gasteiger partial charge in [0.2, 0.25) is 0 Å². The molecule has 0 aliphatic heterocycles. The zero-order chi connectivity index (χ0) is 11.7. The smallest absolute Gasteiger partial charge is 0.0130 e. The van der Waals surface area contributed by atoms with E-state index in [0.29, 0.717) is 6.04 Å². The number of rotatable bonds is 8. The highest BCUT2D eigenvalue weighted by Gasteiger charge is 2.20. The lowest BCUT2D eigenvalue weighted by Gasteiger charge is -2.28. The Morgan fingerprint density at radius 2 is 1.87 bits per heavy atom. The van der Waals surface area contributed by atoms with Crippen LogP contribution in [0.4, 0.5) is 0 Å². The monoisotopic (exact) mass is 211 g/mol. The zero-order valence-corrected chi connectivity index (χ0v) is 11.2. The molecule has 0 heterocycles. The average molecular weight is 211 g/mol. The number of nitrogens with one attached hydrogen (secondary N) is 1. The number of allylic oxidation sites excluding steroid dienone is 1. The fourth-order valence-electron chi connectivity index (χ4n) is 2.14. The molecular formula is C14H29N. The molecule has 1 heteroatoms. The van der Waals surface area contributed by atoms with E-state index in [9.17, 15) is 0 Å². The van der Waals surface area contributed by atoms with Crippen LogP contribution in [0.25, 0.3) is 0 Å². The topological polar surface area (TPSA) is 12.0 Å². The molecule has 3 atom stereocenters. The number of hydrogen-bond acceptors (Lipinski definition) is 1. The molecule has 0 aromatic heterocycles. The minimum absolute atomic E-state index is 0.646. The van der Waals surface area contributed by atoms with Crippen molar-refractivity contribution in [2.75, 3.05) is 6.54 Å². The van der Waals surface area contributed by atoms with Gasteiger partial charge in [-0.15, -0.1) is 0 Å². The first kappa shape index (κ1) is 14.7. The molecule has 0 aromatic rings. The number of hydrogen-bond donors (Lipinski definition) is 1. The molecule has 0 saturated carbocycles. The molecule has 0 aliphatic carbocycles. The Labute approximate surface area is 96.3 Å². The van der Waals surface area contributed by atoms with Crippen molar-refractivity contribution in [2.24, 2.45) is 11.8 Å². The molecule has 0 spiro atoms. The molecule has 1 nitrogen and oxygen atoms in total. The summed E-state index contributed by atoms with van der Waals surface area (Å²) in [6.45, 7) is 12.4. The van der Waals surface area contributed by atoms with Crippen LogP contribution in [-0.2, 0) is 0 Å². The van der Waals surface area contributed by atoms with Gasteiger partial charge in [0, 0.05) is 6.04 Å². The van der Waals surface area contributed by atoms with Crippen LogP contribution in [0.2, 0.25) is 0 Å². The Hall–Kier alpha value is -0.300. The van der Waals surface area contributed by atoms with Gasteiger partial charge in [-0.25, -0.2) is 0 Å². The summed E-state index contributed by atoms with van der Waals surface area (Å²) >= 11 is 0. The quantitative estimate of drug-likeness (QED) is 0.598. The second-order valence-corrected chi connectivity index (χ2v) is 4.59. The summed E-state index contributed by atoms with van der Waals surface area (Å²) < 4.78 is 0. The maximum atomic E-state index is 3.61. The van der Waals surface area contributed by atoms with Gasteiger partial charge in [0.1, 0.15) is 0 Å². The highest BCUT2D eigenvalue weighted by Crippen LogP contribution is 2.22. The van der Waals surface area contributed by atoms with Gasteiger partial charge in [-0.2, -0.15) is 0 Å². The maximum Gasteiger partial charge on any atom is 0.0130 e. The summed E-state index contributed by atoms with van der Waals surface area (Å²) in [5.41, 5.74) is 0. The van der Waals surface area contributed by atoms with E-state index in [1.54, 1.807) is 0 Å². The first-order valence-corrected chi connectivity index (χ1v) is 6.51. The van der Waals surface area contributed by atoms with Crippen molar-refractivity contribution < 1.29 is 0 Å². The highest BCUT2D eigenvalue weighted by molar-refractivity contribution is 4.87. The van der Waals surface area contributed by atoms with Gasteiger partial charge in [-0.1, -0.05) is 52.7 Å². The first-order valence-electron chi connectivity index (χ1n) is 6.51. The van der Waals surface area contributed by atoms with E-state index in [1.165, 1.54) is 19.3 Å². The van der Waals surface area contributed by atoms with Gasteiger partial charge in [0.15, 0.2) is 0 Å². The van der Waals surface area contributed by atoms with Crippen LogP contribution in [0.3, 0.4) is 0 Å². The van der Waals surface area contributed by atoms with Crippen LogP contribution < -0.4 is 5.32 Å². The predicted octanol–water partition coefficient (Wildman–Crippen LogP) is 4.00. The van der Waals surface area contributed by atoms with Crippen molar-refractivity contribution in [3.05, 3.63) is 12.2 Å². The molecule has 0 rings (SSSR count). The molecule has 1 unspecified atom stereocenters. The predicted molar refractivity (Wildman–Crippen MR) is 70.1 cm³/mol. The molecule has 0 amide bonds. The van der Waals surface area contributed by atoms with Crippen molar-refractivity contribution >= 4 is 0 Å². The Morgan fingerprint density at radius 1 is 1.20 bits per heavy atom. The lowest BCUT2D eigenvalue weighted by molar-refractivity contribution is 0.273. The van der Waals surface area contributed by atoms with Crippen LogP contribution in [0, 0.1) is 11.8 Å². The first-order chi connectivity index (χ1) is 7.17. The van der Waals surface area contributed by atoms with Crippen molar-refractivity contribution in [3.63, 3.8) is 0 Å². The van der Waals surface area contributed by atoms with Gasteiger partial charge < -0.3 is 5.32 Å². The second-order valence-electron chi connectivity index (χ2n) is 4.59. The van der Waals surface area contributed by atoms with E-state index < -0.39 is 0 Å². The molecule has 0 radical (unpaired) electrons. The summed E-state index contributed by atoms with van der Waals surface area (Å²) in [6, 6.07) is 0.646. The Bertz CT molecular complexity index is 163. The van der Waals surface area contributed by atoms with E-state index in [2.05, 4.69) is 52.1 Å². The third-order valence-electron chi connectivity index (χ3n) is 3.37. The van der Waals surface area contributed by atoms with Gasteiger partial charge >= 0.3 is 0 Å². The molecule has 0 bridgehead atoms. The molecule has 0 saturated heterocycles. The molecule has 0 aliphatic rings. The normalized spacial score (nSPS) is 17.9. The minimum atomic E-state index is 0.646. The van der Waals surface area contributed by atoms with Crippen molar-refractivity contribution in [3.8, 4) is 0 Å². The summed E-state index contributed by atoms with van der Waals surface area (Å²) in [7, 11) is 0. The third-order valence-corrected chi connectivity index (χ3v) is 3.37. The van der Waals surface area contributed by atoms with Crippen molar-refractivity contribution in [1.82, 2.24) is 5.32 Å².